The van der Waals surface area contributed by atoms with Gasteiger partial charge in [-0.15, -0.1) is 12.4 Å². The van der Waals surface area contributed by atoms with Gasteiger partial charge in [-0.05, 0) is 17.7 Å². The molecule has 21 heavy (non-hydrogen) atoms. The maximum Gasteiger partial charge on any atom is 0.422 e. The SMILES string of the molecule is Cl.NCCn1cc(-c2ccc(OCC(F)(F)F)cc2)cn1. The number of ether oxygens (including phenoxy) is 1. The van der Waals surface area contributed by atoms with Gasteiger partial charge in [0.2, 0.25) is 0 Å². The maximum atomic E-state index is 12.0. The Kier molecular flexibility index (Phi) is 6.04. The van der Waals surface area contributed by atoms with Crippen LogP contribution in [0.15, 0.2) is 36.7 Å². The number of rotatable bonds is 5. The van der Waals surface area contributed by atoms with Gasteiger partial charge in [-0.25, -0.2) is 0 Å². The van der Waals surface area contributed by atoms with Crippen LogP contribution in [0.5, 0.6) is 5.75 Å². The predicted molar refractivity (Wildman–Crippen MR) is 75.5 cm³/mol. The quantitative estimate of drug-likeness (QED) is 0.921. The van der Waals surface area contributed by atoms with Crippen LogP contribution in [0.25, 0.3) is 11.1 Å². The van der Waals surface area contributed by atoms with E-state index in [1.165, 1.54) is 12.1 Å². The highest BCUT2D eigenvalue weighted by Gasteiger charge is 2.28. The van der Waals surface area contributed by atoms with Crippen LogP contribution < -0.4 is 10.5 Å². The van der Waals surface area contributed by atoms with Crippen molar-refractivity contribution in [1.29, 1.82) is 0 Å². The molecular weight excluding hydrogens is 307 g/mol. The number of halogens is 4. The minimum absolute atomic E-state index is 0. The van der Waals surface area contributed by atoms with Crippen molar-refractivity contribution in [3.05, 3.63) is 36.7 Å². The second kappa shape index (κ2) is 7.33. The monoisotopic (exact) mass is 321 g/mol. The zero-order chi connectivity index (χ0) is 14.6. The van der Waals surface area contributed by atoms with E-state index in [0.29, 0.717) is 13.1 Å². The molecule has 0 radical (unpaired) electrons. The Balaban J connectivity index is 0.00000220. The van der Waals surface area contributed by atoms with Gasteiger partial charge in [0, 0.05) is 18.3 Å². The predicted octanol–water partition coefficient (Wildman–Crippen LogP) is 2.87. The molecule has 0 saturated carbocycles. The van der Waals surface area contributed by atoms with Gasteiger partial charge >= 0.3 is 6.18 Å². The number of alkyl halides is 3. The molecule has 2 aromatic rings. The Morgan fingerprint density at radius 2 is 1.81 bits per heavy atom. The fourth-order valence-electron chi connectivity index (χ4n) is 1.68. The minimum atomic E-state index is -4.33. The van der Waals surface area contributed by atoms with Crippen LogP contribution in [0.1, 0.15) is 0 Å². The summed E-state index contributed by atoms with van der Waals surface area (Å²) in [6.07, 6.45) is -0.818. The topological polar surface area (TPSA) is 53.1 Å². The maximum absolute atomic E-state index is 12.0. The molecule has 8 heteroatoms. The molecule has 0 unspecified atom stereocenters. The molecule has 1 aromatic heterocycles. The van der Waals surface area contributed by atoms with Crippen LogP contribution in [0.4, 0.5) is 13.2 Å². The summed E-state index contributed by atoms with van der Waals surface area (Å²) in [6, 6.07) is 6.38. The molecule has 1 heterocycles. The average molecular weight is 322 g/mol. The first-order valence-corrected chi connectivity index (χ1v) is 6.00. The second-order valence-electron chi connectivity index (χ2n) is 4.21. The van der Waals surface area contributed by atoms with Gasteiger partial charge < -0.3 is 10.5 Å². The van der Waals surface area contributed by atoms with Crippen LogP contribution in [0, 0.1) is 0 Å². The van der Waals surface area contributed by atoms with E-state index in [2.05, 4.69) is 9.84 Å². The Morgan fingerprint density at radius 1 is 1.14 bits per heavy atom. The number of aromatic nitrogens is 2. The minimum Gasteiger partial charge on any atom is -0.484 e. The van der Waals surface area contributed by atoms with E-state index < -0.39 is 12.8 Å². The first-order valence-electron chi connectivity index (χ1n) is 6.00. The standard InChI is InChI=1S/C13H14F3N3O.ClH/c14-13(15,16)9-20-12-3-1-10(2-4-12)11-7-18-19(8-11)6-5-17;/h1-4,7-8H,5-6,9,17H2;1H. The summed E-state index contributed by atoms with van der Waals surface area (Å²) in [5.74, 6) is 0.181. The Bertz CT molecular complexity index is 555. The lowest BCUT2D eigenvalue weighted by Crippen LogP contribution is -2.19. The van der Waals surface area contributed by atoms with Gasteiger partial charge in [-0.1, -0.05) is 12.1 Å². The highest BCUT2D eigenvalue weighted by Crippen LogP contribution is 2.23. The fourth-order valence-corrected chi connectivity index (χ4v) is 1.68. The van der Waals surface area contributed by atoms with Crippen molar-refractivity contribution in [2.45, 2.75) is 12.7 Å². The van der Waals surface area contributed by atoms with Crippen LogP contribution in [0.2, 0.25) is 0 Å². The first-order chi connectivity index (χ1) is 9.48. The van der Waals surface area contributed by atoms with Crippen molar-refractivity contribution < 1.29 is 17.9 Å². The van der Waals surface area contributed by atoms with Crippen molar-refractivity contribution in [2.75, 3.05) is 13.2 Å². The van der Waals surface area contributed by atoms with E-state index in [4.69, 9.17) is 5.73 Å². The summed E-state index contributed by atoms with van der Waals surface area (Å²) in [6.45, 7) is -0.182. The van der Waals surface area contributed by atoms with Crippen LogP contribution in [-0.4, -0.2) is 29.1 Å². The molecule has 2 rings (SSSR count). The summed E-state index contributed by atoms with van der Waals surface area (Å²) < 4.78 is 42.4. The van der Waals surface area contributed by atoms with Gasteiger partial charge in [0.15, 0.2) is 6.61 Å². The van der Waals surface area contributed by atoms with Gasteiger partial charge in [0.25, 0.3) is 0 Å². The molecular formula is C13H15ClF3N3O. The molecule has 0 atom stereocenters. The van der Waals surface area contributed by atoms with E-state index in [1.54, 1.807) is 23.0 Å². The number of hydrogen-bond donors (Lipinski definition) is 1. The highest BCUT2D eigenvalue weighted by molar-refractivity contribution is 5.85. The molecule has 0 spiro atoms. The third-order valence-electron chi connectivity index (χ3n) is 2.58. The molecule has 0 bridgehead atoms. The molecule has 4 nitrogen and oxygen atoms in total. The largest absolute Gasteiger partial charge is 0.484 e. The third kappa shape index (κ3) is 5.28. The molecule has 0 aliphatic carbocycles. The van der Waals surface area contributed by atoms with Crippen LogP contribution >= 0.6 is 12.4 Å². The van der Waals surface area contributed by atoms with Gasteiger partial charge in [-0.3, -0.25) is 4.68 Å². The van der Waals surface area contributed by atoms with Gasteiger partial charge in [-0.2, -0.15) is 18.3 Å². The lowest BCUT2D eigenvalue weighted by atomic mass is 10.1. The summed E-state index contributed by atoms with van der Waals surface area (Å²) >= 11 is 0. The van der Waals surface area contributed by atoms with Gasteiger partial charge in [0.05, 0.1) is 12.7 Å². The number of nitrogens with zero attached hydrogens (tertiary/aromatic N) is 2. The fraction of sp³-hybridized carbons (Fsp3) is 0.308. The molecule has 0 aliphatic heterocycles. The summed E-state index contributed by atoms with van der Waals surface area (Å²) in [5.41, 5.74) is 7.16. The van der Waals surface area contributed by atoms with Crippen molar-refractivity contribution in [2.24, 2.45) is 5.73 Å². The third-order valence-corrected chi connectivity index (χ3v) is 2.58. The molecule has 0 saturated heterocycles. The molecule has 116 valence electrons. The van der Waals surface area contributed by atoms with Crippen LogP contribution in [-0.2, 0) is 6.54 Å². The smallest absolute Gasteiger partial charge is 0.422 e. The molecule has 0 amide bonds. The summed E-state index contributed by atoms with van der Waals surface area (Å²) in [5, 5.41) is 4.13. The van der Waals surface area contributed by atoms with Crippen molar-refractivity contribution in [1.82, 2.24) is 9.78 Å². The Labute approximate surface area is 126 Å². The lowest BCUT2D eigenvalue weighted by Gasteiger charge is -2.09. The van der Waals surface area contributed by atoms with Crippen LogP contribution in [0.3, 0.4) is 0 Å². The molecule has 0 aliphatic rings. The summed E-state index contributed by atoms with van der Waals surface area (Å²) in [7, 11) is 0. The molecule has 2 N–H and O–H groups in total. The number of benzene rings is 1. The van der Waals surface area contributed by atoms with Crippen molar-refractivity contribution >= 4 is 12.4 Å². The van der Waals surface area contributed by atoms with Crippen molar-refractivity contribution in [3.8, 4) is 16.9 Å². The Morgan fingerprint density at radius 3 is 2.38 bits per heavy atom. The zero-order valence-corrected chi connectivity index (χ0v) is 11.8. The normalized spacial score (nSPS) is 11.0. The van der Waals surface area contributed by atoms with E-state index in [9.17, 15) is 13.2 Å². The lowest BCUT2D eigenvalue weighted by molar-refractivity contribution is -0.153. The molecule has 1 aromatic carbocycles. The van der Waals surface area contributed by atoms with E-state index in [1.807, 2.05) is 6.20 Å². The van der Waals surface area contributed by atoms with E-state index in [0.717, 1.165) is 11.1 Å². The summed E-state index contributed by atoms with van der Waals surface area (Å²) in [4.78, 5) is 0. The van der Waals surface area contributed by atoms with Gasteiger partial charge in [0.1, 0.15) is 5.75 Å². The Hall–Kier alpha value is -1.73. The second-order valence-corrected chi connectivity index (χ2v) is 4.21. The van der Waals surface area contributed by atoms with E-state index in [-0.39, 0.29) is 18.2 Å². The highest BCUT2D eigenvalue weighted by atomic mass is 35.5. The zero-order valence-electron chi connectivity index (χ0n) is 11.0. The molecule has 0 fully saturated rings. The van der Waals surface area contributed by atoms with Crippen molar-refractivity contribution in [3.63, 3.8) is 0 Å². The average Bonchev–Trinajstić information content (AvgIpc) is 2.85. The van der Waals surface area contributed by atoms with E-state index >= 15 is 0 Å². The number of hydrogen-bond acceptors (Lipinski definition) is 3. The first kappa shape index (κ1) is 17.3. The number of nitrogens with two attached hydrogens (primary N) is 1.